The number of carbonyl (C=O) groups excluding carboxylic acids is 4. The van der Waals surface area contributed by atoms with Gasteiger partial charge < -0.3 is 50.4 Å². The Morgan fingerprint density at radius 3 is 2.30 bits per heavy atom. The molecule has 4 amide bonds. The van der Waals surface area contributed by atoms with E-state index in [4.69, 9.17) is 16.3 Å². The molecule has 4 heterocycles. The molecule has 0 radical (unpaired) electrons. The smallest absolute Gasteiger partial charge is 0.246 e. The van der Waals surface area contributed by atoms with Crippen molar-refractivity contribution in [3.8, 4) is 16.2 Å². The minimum absolute atomic E-state index is 0.00428. The lowest BCUT2D eigenvalue weighted by Gasteiger charge is -2.36. The molecule has 1 unspecified atom stereocenters. The second kappa shape index (κ2) is 24.3. The Hall–Kier alpha value is -6.07. The Bertz CT molecular complexity index is 2790. The van der Waals surface area contributed by atoms with E-state index in [2.05, 4.69) is 41.1 Å². The maximum absolute atomic E-state index is 14.1. The SMILES string of the molecule is COc1cc(N2CCN(C(=O)CCCCCCC(=O)NC(C(=O)N3C[C@H](O)C[C@H]3C(=O)NCc3ccc(-c4scnc4C)cc3)C(C)(C)C)CC2)ccc1Nc1ncc(Cl)c(Nc2ccccc2P(C)(C)=O)n1. The van der Waals surface area contributed by atoms with Crippen LogP contribution in [0.4, 0.5) is 28.8 Å². The highest BCUT2D eigenvalue weighted by Crippen LogP contribution is 2.39. The van der Waals surface area contributed by atoms with Crippen molar-refractivity contribution in [2.75, 3.05) is 68.7 Å². The van der Waals surface area contributed by atoms with E-state index in [0.717, 1.165) is 40.2 Å². The number of amides is 4. The number of nitrogens with zero attached hydrogens (tertiary/aromatic N) is 6. The second-order valence-electron chi connectivity index (χ2n) is 20.1. The van der Waals surface area contributed by atoms with E-state index >= 15 is 0 Å². The van der Waals surface area contributed by atoms with E-state index in [-0.39, 0.29) is 43.7 Å². The number of para-hydroxylation sites is 1. The number of ether oxygens (including phenoxy) is 1. The molecule has 2 saturated heterocycles. The fourth-order valence-electron chi connectivity index (χ4n) is 9.09. The predicted octanol–water partition coefficient (Wildman–Crippen LogP) is 8.10. The summed E-state index contributed by atoms with van der Waals surface area (Å²) in [6.45, 7) is 13.8. The van der Waals surface area contributed by atoms with Crippen LogP contribution in [-0.4, -0.2) is 125 Å². The van der Waals surface area contributed by atoms with Crippen molar-refractivity contribution in [3.05, 3.63) is 94.7 Å². The van der Waals surface area contributed by atoms with Gasteiger partial charge in [-0.3, -0.25) is 19.2 Å². The number of methoxy groups -OCH3 is 1. The third-order valence-electron chi connectivity index (χ3n) is 13.2. The molecule has 3 aromatic carbocycles. The van der Waals surface area contributed by atoms with E-state index in [9.17, 15) is 28.8 Å². The summed E-state index contributed by atoms with van der Waals surface area (Å²) in [5.41, 5.74) is 6.33. The fraction of sp³-hybridized carbons (Fsp3) is 0.453. The monoisotopic (exact) mass is 1050 g/mol. The fourth-order valence-corrected chi connectivity index (χ4v) is 11.2. The molecule has 390 valence electrons. The number of carbonyl (C=O) groups is 4. The number of β-amino-alcohol motifs (C(OH)–C–C–N with tert-alkyl or cyclic N) is 1. The van der Waals surface area contributed by atoms with Crippen LogP contribution in [-0.2, 0) is 30.3 Å². The molecule has 73 heavy (non-hydrogen) atoms. The van der Waals surface area contributed by atoms with Crippen molar-refractivity contribution in [2.45, 2.75) is 97.4 Å². The third-order valence-corrected chi connectivity index (χ3v) is 16.0. The number of halogens is 1. The number of hydrogen-bond donors (Lipinski definition) is 5. The average molecular weight is 1060 g/mol. The zero-order chi connectivity index (χ0) is 52.5. The quantitative estimate of drug-likeness (QED) is 0.0369. The van der Waals surface area contributed by atoms with Crippen molar-refractivity contribution in [3.63, 3.8) is 0 Å². The molecule has 0 bridgehead atoms. The third kappa shape index (κ3) is 14.4. The zero-order valence-corrected chi connectivity index (χ0v) is 45.2. The van der Waals surface area contributed by atoms with Crippen molar-refractivity contribution < 1.29 is 33.6 Å². The number of aliphatic hydroxyl groups is 1. The van der Waals surface area contributed by atoms with Gasteiger partial charge in [-0.25, -0.2) is 9.97 Å². The molecule has 2 aromatic heterocycles. The van der Waals surface area contributed by atoms with Gasteiger partial charge in [0.25, 0.3) is 0 Å². The van der Waals surface area contributed by atoms with E-state index in [1.165, 1.54) is 11.1 Å². The van der Waals surface area contributed by atoms with Gasteiger partial charge in [0, 0.05) is 75.6 Å². The maximum atomic E-state index is 14.1. The van der Waals surface area contributed by atoms with Crippen LogP contribution >= 0.6 is 30.1 Å². The van der Waals surface area contributed by atoms with E-state index in [0.29, 0.717) is 84.7 Å². The number of benzene rings is 3. The highest BCUT2D eigenvalue weighted by Gasteiger charge is 2.44. The van der Waals surface area contributed by atoms with Crippen molar-refractivity contribution >= 4 is 87.8 Å². The van der Waals surface area contributed by atoms with Gasteiger partial charge in [-0.1, -0.05) is 81.6 Å². The first-order chi connectivity index (χ1) is 34.8. The largest absolute Gasteiger partial charge is 0.494 e. The zero-order valence-electron chi connectivity index (χ0n) is 42.7. The van der Waals surface area contributed by atoms with Crippen LogP contribution < -0.4 is 36.2 Å². The van der Waals surface area contributed by atoms with Crippen molar-refractivity contribution in [1.29, 1.82) is 0 Å². The molecule has 2 fully saturated rings. The lowest BCUT2D eigenvalue weighted by Crippen LogP contribution is -2.57. The lowest BCUT2D eigenvalue weighted by molar-refractivity contribution is -0.144. The minimum Gasteiger partial charge on any atom is -0.494 e. The Kier molecular flexibility index (Phi) is 18.2. The lowest BCUT2D eigenvalue weighted by atomic mass is 9.85. The molecule has 5 N–H and O–H groups in total. The van der Waals surface area contributed by atoms with E-state index in [1.807, 2.05) is 105 Å². The van der Waals surface area contributed by atoms with Gasteiger partial charge in [-0.05, 0) is 73.9 Å². The van der Waals surface area contributed by atoms with Gasteiger partial charge in [0.05, 0.1) is 46.9 Å². The van der Waals surface area contributed by atoms with Crippen LogP contribution in [0.1, 0.15) is 77.0 Å². The number of aliphatic hydroxyl groups excluding tert-OH is 1. The van der Waals surface area contributed by atoms with Gasteiger partial charge in [0.1, 0.15) is 30.0 Å². The predicted molar refractivity (Wildman–Crippen MR) is 290 cm³/mol. The van der Waals surface area contributed by atoms with Crippen LogP contribution in [0.5, 0.6) is 5.75 Å². The summed E-state index contributed by atoms with van der Waals surface area (Å²) in [6, 6.07) is 19.3. The molecule has 5 aromatic rings. The number of aryl methyl sites for hydroxylation is 1. The van der Waals surface area contributed by atoms with Crippen LogP contribution in [0.25, 0.3) is 10.4 Å². The second-order valence-corrected chi connectivity index (χ2v) is 24.6. The van der Waals surface area contributed by atoms with Gasteiger partial charge in [-0.15, -0.1) is 11.3 Å². The summed E-state index contributed by atoms with van der Waals surface area (Å²) in [7, 11) is -0.986. The number of anilines is 5. The molecule has 0 spiro atoms. The Morgan fingerprint density at radius 1 is 0.918 bits per heavy atom. The van der Waals surface area contributed by atoms with Gasteiger partial charge in [0.2, 0.25) is 29.6 Å². The molecular formula is C53H68ClN10O7PS. The molecule has 7 rings (SSSR count). The molecule has 0 saturated carbocycles. The van der Waals surface area contributed by atoms with E-state index in [1.54, 1.807) is 31.8 Å². The number of thiazole rings is 1. The van der Waals surface area contributed by atoms with Gasteiger partial charge >= 0.3 is 0 Å². The molecule has 20 heteroatoms. The molecule has 3 atom stereocenters. The molecule has 17 nitrogen and oxygen atoms in total. The molecule has 0 aliphatic carbocycles. The first-order valence-electron chi connectivity index (χ1n) is 24.8. The molecule has 2 aliphatic heterocycles. The topological polar surface area (TPSA) is 211 Å². The Morgan fingerprint density at radius 2 is 1.63 bits per heavy atom. The van der Waals surface area contributed by atoms with Crippen LogP contribution in [0.2, 0.25) is 5.02 Å². The van der Waals surface area contributed by atoms with Gasteiger partial charge in [0.15, 0.2) is 5.82 Å². The summed E-state index contributed by atoms with van der Waals surface area (Å²) in [5.74, 6) is 0.337. The van der Waals surface area contributed by atoms with Crippen LogP contribution in [0.15, 0.2) is 78.4 Å². The first kappa shape index (κ1) is 54.7. The number of aromatic nitrogens is 3. The Labute approximate surface area is 437 Å². The number of rotatable bonds is 20. The number of unbranched alkanes of at least 4 members (excludes halogenated alkanes) is 3. The molecule has 2 aliphatic rings. The first-order valence-corrected chi connectivity index (χ1v) is 28.6. The van der Waals surface area contributed by atoms with Crippen molar-refractivity contribution in [2.24, 2.45) is 5.41 Å². The summed E-state index contributed by atoms with van der Waals surface area (Å²) in [4.78, 5) is 74.0. The van der Waals surface area contributed by atoms with Crippen LogP contribution in [0, 0.1) is 12.3 Å². The number of likely N-dealkylation sites (tertiary alicyclic amines) is 1. The summed E-state index contributed by atoms with van der Waals surface area (Å²) >= 11 is 8.05. The number of piperazine rings is 1. The van der Waals surface area contributed by atoms with Crippen LogP contribution in [0.3, 0.4) is 0 Å². The number of nitrogens with one attached hydrogen (secondary N) is 4. The van der Waals surface area contributed by atoms with Gasteiger partial charge in [-0.2, -0.15) is 4.98 Å². The van der Waals surface area contributed by atoms with E-state index < -0.39 is 36.7 Å². The summed E-state index contributed by atoms with van der Waals surface area (Å²) in [5, 5.41) is 24.0. The highest BCUT2D eigenvalue weighted by molar-refractivity contribution is 7.70. The maximum Gasteiger partial charge on any atom is 0.246 e. The standard InChI is InChI=1S/C53H68ClN10O7PS/c1-34-47(73-33-57-34)36-20-18-35(19-21-36)30-55-50(68)42-29-38(65)32-64(42)51(69)48(53(2,3)4)60-45(66)16-10-8-9-11-17-46(67)63-26-24-62(25-27-63)37-22-23-40(43(28-37)71-5)59-52-56-31-39(54)49(61-52)58-41-14-12-13-15-44(41)72(6,7)70/h12-15,18-23,28,31,33,38,42,48,65H,8-11,16-17,24-27,29-30,32H2,1-7H3,(H,55,68)(H,60,66)(H2,56,58,59,61)/t38-,42+,48?/m1/s1. The Balaban J connectivity index is 0.818. The highest BCUT2D eigenvalue weighted by atomic mass is 35.5. The summed E-state index contributed by atoms with van der Waals surface area (Å²) < 4.78 is 18.7. The average Bonchev–Trinajstić information content (AvgIpc) is 3.99. The molecular weight excluding hydrogens is 987 g/mol. The number of hydrogen-bond acceptors (Lipinski definition) is 14. The normalized spacial score (nSPS) is 16.5. The summed E-state index contributed by atoms with van der Waals surface area (Å²) in [6.07, 6.45) is 4.23. The minimum atomic E-state index is -2.58. The van der Waals surface area contributed by atoms with Crippen molar-refractivity contribution in [1.82, 2.24) is 35.4 Å².